The Kier molecular flexibility index (Phi) is 2.39. The molecule has 2 aliphatic rings. The third kappa shape index (κ3) is 1.70. The minimum Gasteiger partial charge on any atom is -0.272 e. The van der Waals surface area contributed by atoms with E-state index in [9.17, 15) is 0 Å². The van der Waals surface area contributed by atoms with Gasteiger partial charge in [0, 0.05) is 10.6 Å². The van der Waals surface area contributed by atoms with Crippen LogP contribution in [-0.2, 0) is 0 Å². The Hall–Kier alpha value is 0.650. The molecule has 0 amide bonds. The summed E-state index contributed by atoms with van der Waals surface area (Å²) >= 11 is 7.45. The quantitative estimate of drug-likeness (QED) is 0.615. The second-order valence-electron chi connectivity index (χ2n) is 2.60. The van der Waals surface area contributed by atoms with E-state index in [4.69, 9.17) is 0 Å². The number of alkyl halides is 1. The molecule has 0 aromatic carbocycles. The summed E-state index contributed by atoms with van der Waals surface area (Å²) in [5, 5.41) is 7.80. The third-order valence-electron chi connectivity index (χ3n) is 1.59. The van der Waals surface area contributed by atoms with E-state index >= 15 is 0 Å². The Morgan fingerprint density at radius 3 is 3.36 bits per heavy atom. The monoisotopic (exact) mass is 252 g/mol. The van der Waals surface area contributed by atoms with Crippen molar-refractivity contribution in [3.63, 3.8) is 0 Å². The summed E-state index contributed by atoms with van der Waals surface area (Å²) in [6, 6.07) is 0. The fourth-order valence-electron chi connectivity index (χ4n) is 1.15. The molecule has 0 spiro atoms. The van der Waals surface area contributed by atoms with Gasteiger partial charge in [0.1, 0.15) is 4.71 Å². The maximum atomic E-state index is 4.42. The van der Waals surface area contributed by atoms with E-state index in [-0.39, 0.29) is 0 Å². The van der Waals surface area contributed by atoms with Crippen LogP contribution < -0.4 is 0 Å². The van der Waals surface area contributed by atoms with Crippen LogP contribution in [0.1, 0.15) is 6.92 Å². The first-order chi connectivity index (χ1) is 5.25. The van der Waals surface area contributed by atoms with Crippen molar-refractivity contribution in [2.45, 2.75) is 16.5 Å². The van der Waals surface area contributed by atoms with Crippen LogP contribution in [0.5, 0.6) is 0 Å². The lowest BCUT2D eigenvalue weighted by Gasteiger charge is -2.29. The number of thioether (sulfide) groups is 2. The minimum atomic E-state index is 0.559. The van der Waals surface area contributed by atoms with Crippen LogP contribution in [0.15, 0.2) is 5.10 Å². The first-order valence-electron chi connectivity index (χ1n) is 3.50. The van der Waals surface area contributed by atoms with Crippen molar-refractivity contribution in [3.05, 3.63) is 0 Å². The Balaban J connectivity index is 2.05. The number of nitrogens with zero attached hydrogens (tertiary/aromatic N) is 2. The fraction of sp³-hybridized carbons (Fsp3) is 0.833. The zero-order valence-corrected chi connectivity index (χ0v) is 9.38. The van der Waals surface area contributed by atoms with Crippen LogP contribution in [0.25, 0.3) is 0 Å². The molecular formula is C6H9BrN2S2. The summed E-state index contributed by atoms with van der Waals surface area (Å²) in [7, 11) is 0. The van der Waals surface area contributed by atoms with E-state index in [0.717, 1.165) is 6.54 Å². The Morgan fingerprint density at radius 2 is 2.55 bits per heavy atom. The summed E-state index contributed by atoms with van der Waals surface area (Å²) in [5.41, 5.74) is 0. The predicted molar refractivity (Wildman–Crippen MR) is 56.4 cm³/mol. The van der Waals surface area contributed by atoms with E-state index in [2.05, 4.69) is 33.0 Å². The van der Waals surface area contributed by atoms with Crippen molar-refractivity contribution < 1.29 is 0 Å². The van der Waals surface area contributed by atoms with E-state index in [1.54, 1.807) is 0 Å². The van der Waals surface area contributed by atoms with Crippen molar-refractivity contribution in [1.82, 2.24) is 5.01 Å². The summed E-state index contributed by atoms with van der Waals surface area (Å²) in [4.78, 5) is 0.610. The van der Waals surface area contributed by atoms with Crippen LogP contribution in [-0.4, -0.2) is 31.9 Å². The largest absolute Gasteiger partial charge is 0.272 e. The fourth-order valence-corrected chi connectivity index (χ4v) is 4.31. The van der Waals surface area contributed by atoms with Crippen LogP contribution in [0, 0.1) is 0 Å². The highest BCUT2D eigenvalue weighted by atomic mass is 79.9. The SMILES string of the molecule is CC1=NN2CC(Br)CSC2S1. The molecule has 62 valence electrons. The Bertz CT molecular complexity index is 197. The van der Waals surface area contributed by atoms with Gasteiger partial charge in [-0.2, -0.15) is 5.10 Å². The van der Waals surface area contributed by atoms with E-state index in [1.165, 1.54) is 10.8 Å². The van der Waals surface area contributed by atoms with Crippen molar-refractivity contribution in [1.29, 1.82) is 0 Å². The number of hydrogen-bond acceptors (Lipinski definition) is 4. The molecule has 2 atom stereocenters. The number of fused-ring (bicyclic) bond motifs is 1. The van der Waals surface area contributed by atoms with Crippen molar-refractivity contribution in [2.75, 3.05) is 12.3 Å². The standard InChI is InChI=1S/C6H9BrN2S2/c1-4-8-9-2-5(7)3-10-6(9)11-4/h5-6H,2-3H2,1H3. The van der Waals surface area contributed by atoms with Gasteiger partial charge in [-0.05, 0) is 6.92 Å². The van der Waals surface area contributed by atoms with Gasteiger partial charge in [-0.3, -0.25) is 5.01 Å². The molecule has 0 saturated carbocycles. The van der Waals surface area contributed by atoms with Gasteiger partial charge in [0.15, 0.2) is 0 Å². The lowest BCUT2D eigenvalue weighted by Crippen LogP contribution is -2.34. The molecule has 2 nitrogen and oxygen atoms in total. The van der Waals surface area contributed by atoms with Gasteiger partial charge >= 0.3 is 0 Å². The first kappa shape index (κ1) is 8.26. The number of halogens is 1. The molecule has 0 aliphatic carbocycles. The molecule has 1 fully saturated rings. The molecule has 2 rings (SSSR count). The highest BCUT2D eigenvalue weighted by Gasteiger charge is 2.31. The topological polar surface area (TPSA) is 15.6 Å². The highest BCUT2D eigenvalue weighted by molar-refractivity contribution is 9.09. The zero-order valence-electron chi connectivity index (χ0n) is 6.16. The number of hydrogen-bond donors (Lipinski definition) is 0. The van der Waals surface area contributed by atoms with Gasteiger partial charge in [-0.1, -0.05) is 27.7 Å². The van der Waals surface area contributed by atoms with Crippen LogP contribution in [0.4, 0.5) is 0 Å². The third-order valence-corrected chi connectivity index (χ3v) is 5.32. The average Bonchev–Trinajstić information content (AvgIpc) is 2.27. The van der Waals surface area contributed by atoms with Gasteiger partial charge in [-0.25, -0.2) is 0 Å². The molecule has 1 saturated heterocycles. The molecule has 2 aliphatic heterocycles. The molecule has 0 aromatic rings. The highest BCUT2D eigenvalue weighted by Crippen LogP contribution is 2.38. The lowest BCUT2D eigenvalue weighted by atomic mass is 10.5. The smallest absolute Gasteiger partial charge is 0.144 e. The second kappa shape index (κ2) is 3.18. The van der Waals surface area contributed by atoms with Gasteiger partial charge in [0.2, 0.25) is 0 Å². The van der Waals surface area contributed by atoms with Gasteiger partial charge < -0.3 is 0 Å². The van der Waals surface area contributed by atoms with Crippen molar-refractivity contribution in [3.8, 4) is 0 Å². The normalized spacial score (nSPS) is 36.9. The number of rotatable bonds is 0. The molecular weight excluding hydrogens is 244 g/mol. The minimum absolute atomic E-state index is 0.559. The Labute approximate surface area is 83.3 Å². The average molecular weight is 253 g/mol. The summed E-state index contributed by atoms with van der Waals surface area (Å²) in [5.74, 6) is 1.21. The maximum Gasteiger partial charge on any atom is 0.144 e. The summed E-state index contributed by atoms with van der Waals surface area (Å²) < 4.78 is 0.559. The predicted octanol–water partition coefficient (Wildman–Crippen LogP) is 2.16. The molecule has 0 N–H and O–H groups in total. The molecule has 11 heavy (non-hydrogen) atoms. The van der Waals surface area contributed by atoms with E-state index < -0.39 is 0 Å². The lowest BCUT2D eigenvalue weighted by molar-refractivity contribution is 0.327. The zero-order chi connectivity index (χ0) is 7.84. The van der Waals surface area contributed by atoms with E-state index in [0.29, 0.717) is 9.53 Å². The molecule has 0 radical (unpaired) electrons. The van der Waals surface area contributed by atoms with E-state index in [1.807, 2.05) is 23.5 Å². The van der Waals surface area contributed by atoms with Crippen LogP contribution in [0.2, 0.25) is 0 Å². The Morgan fingerprint density at radius 1 is 1.73 bits per heavy atom. The first-order valence-corrected chi connectivity index (χ1v) is 6.34. The molecule has 5 heteroatoms. The maximum absolute atomic E-state index is 4.42. The molecule has 0 bridgehead atoms. The molecule has 0 aromatic heterocycles. The van der Waals surface area contributed by atoms with Gasteiger partial charge in [0.05, 0.1) is 11.6 Å². The van der Waals surface area contributed by atoms with Crippen molar-refractivity contribution >= 4 is 44.5 Å². The molecule has 2 unspecified atom stereocenters. The summed E-state index contributed by atoms with van der Waals surface area (Å²) in [6.07, 6.45) is 0. The summed E-state index contributed by atoms with van der Waals surface area (Å²) in [6.45, 7) is 3.13. The van der Waals surface area contributed by atoms with Crippen molar-refractivity contribution in [2.24, 2.45) is 5.10 Å². The second-order valence-corrected chi connectivity index (χ2v) is 6.58. The van der Waals surface area contributed by atoms with Crippen LogP contribution in [0.3, 0.4) is 0 Å². The molecule has 2 heterocycles. The van der Waals surface area contributed by atoms with Gasteiger partial charge in [-0.15, -0.1) is 11.8 Å². The van der Waals surface area contributed by atoms with Crippen LogP contribution >= 0.6 is 39.5 Å². The number of hydrazone groups is 1. The van der Waals surface area contributed by atoms with Gasteiger partial charge in [0.25, 0.3) is 0 Å².